The smallest absolute Gasteiger partial charge is 0.333 e. The number of halogens is 1. The van der Waals surface area contributed by atoms with Crippen molar-refractivity contribution < 1.29 is 39.9 Å². The zero-order chi connectivity index (χ0) is 38.1. The van der Waals surface area contributed by atoms with Gasteiger partial charge in [0, 0.05) is 22.3 Å². The molecule has 0 heterocycles. The Morgan fingerprint density at radius 3 is 1.39 bits per heavy atom. The fraction of sp³-hybridized carbons (Fsp3) is 0.211. The predicted molar refractivity (Wildman–Crippen MR) is 195 cm³/mol. The van der Waals surface area contributed by atoms with Crippen LogP contribution >= 0.6 is 11.6 Å². The molecular weight excluding hydrogens is 676 g/mol. The molecule has 51 heavy (non-hydrogen) atoms. The van der Waals surface area contributed by atoms with Crippen molar-refractivity contribution in [1.82, 2.24) is 0 Å². The Balaban J connectivity index is 0.000000310. The molecule has 12 nitrogen and oxygen atoms in total. The molecule has 4 aromatic rings. The predicted octanol–water partition coefficient (Wildman–Crippen LogP) is 8.66. The Morgan fingerprint density at radius 1 is 0.647 bits per heavy atom. The van der Waals surface area contributed by atoms with Crippen molar-refractivity contribution >= 4 is 45.6 Å². The van der Waals surface area contributed by atoms with Crippen molar-refractivity contribution in [2.45, 2.75) is 54.1 Å². The lowest BCUT2D eigenvalue weighted by atomic mass is 10.1. The summed E-state index contributed by atoms with van der Waals surface area (Å²) < 4.78 is 5.07. The molecule has 0 aromatic heterocycles. The van der Waals surface area contributed by atoms with Crippen molar-refractivity contribution in [3.63, 3.8) is 0 Å². The third-order valence-electron chi connectivity index (χ3n) is 6.62. The van der Waals surface area contributed by atoms with E-state index in [2.05, 4.69) is 33.6 Å². The van der Waals surface area contributed by atoms with Gasteiger partial charge in [-0.1, -0.05) is 37.4 Å². The molecule has 0 unspecified atom stereocenters. The Bertz CT molecular complexity index is 1880. The maximum atomic E-state index is 11.5. The second kappa shape index (κ2) is 20.9. The molecule has 13 heteroatoms. The van der Waals surface area contributed by atoms with Crippen LogP contribution in [0.5, 0.6) is 11.5 Å². The number of rotatable bonds is 11. The Kier molecular flexibility index (Phi) is 17.0. The maximum absolute atomic E-state index is 11.5. The number of hydrogen-bond donors (Lipinski definition) is 5. The standard InChI is InChI=1S/C19H20N2O4.C15H16N2O3.C4H5ClO/c1-12(2)19(24)25-11-15-8-13(3)9-17(18(15)23)21-20-16-6-4-14(10-22)5-7-16;1-10-6-12(9-19)15(20)14(7-10)17-16-13-4-2-11(8-18)3-5-13;1-3(2)4(5)6/h4-9,22-23H,1,10-11H2,2-3H3;2-7,18-20H,8-9H2,1H3;1H2,2H3. The van der Waals surface area contributed by atoms with Crippen molar-refractivity contribution in [2.24, 2.45) is 20.5 Å². The molecule has 0 spiro atoms. The summed E-state index contributed by atoms with van der Waals surface area (Å²) in [7, 11) is 0. The lowest BCUT2D eigenvalue weighted by molar-refractivity contribution is -0.140. The molecule has 0 saturated heterocycles. The maximum Gasteiger partial charge on any atom is 0.333 e. The number of hydrogen-bond acceptors (Lipinski definition) is 12. The number of aliphatic hydroxyl groups excluding tert-OH is 3. The number of aromatic hydroxyl groups is 2. The summed E-state index contributed by atoms with van der Waals surface area (Å²) in [6, 6.07) is 20.7. The third kappa shape index (κ3) is 14.1. The van der Waals surface area contributed by atoms with Crippen LogP contribution in [-0.2, 0) is 40.8 Å². The lowest BCUT2D eigenvalue weighted by Crippen LogP contribution is -2.05. The van der Waals surface area contributed by atoms with Crippen LogP contribution in [0.25, 0.3) is 0 Å². The van der Waals surface area contributed by atoms with Crippen LogP contribution in [0.2, 0.25) is 0 Å². The summed E-state index contributed by atoms with van der Waals surface area (Å²) in [4.78, 5) is 21.3. The molecule has 4 rings (SSSR count). The van der Waals surface area contributed by atoms with Crippen molar-refractivity contribution in [3.8, 4) is 11.5 Å². The molecule has 0 aliphatic carbocycles. The molecule has 0 aliphatic rings. The van der Waals surface area contributed by atoms with Crippen LogP contribution in [0, 0.1) is 13.8 Å². The van der Waals surface area contributed by atoms with Crippen LogP contribution in [0.4, 0.5) is 22.7 Å². The van der Waals surface area contributed by atoms with Gasteiger partial charge in [-0.15, -0.1) is 10.2 Å². The number of carbonyl (C=O) groups excluding carboxylic acids is 2. The number of azo groups is 2. The summed E-state index contributed by atoms with van der Waals surface area (Å²) in [5.41, 5.74) is 6.67. The summed E-state index contributed by atoms with van der Waals surface area (Å²) in [6.07, 6.45) is 0. The van der Waals surface area contributed by atoms with Gasteiger partial charge in [-0.05, 0) is 110 Å². The van der Waals surface area contributed by atoms with Gasteiger partial charge in [0.2, 0.25) is 5.24 Å². The first-order chi connectivity index (χ1) is 24.2. The van der Waals surface area contributed by atoms with Gasteiger partial charge in [-0.25, -0.2) is 4.79 Å². The zero-order valence-electron chi connectivity index (χ0n) is 28.8. The summed E-state index contributed by atoms with van der Waals surface area (Å²) in [6.45, 7) is 13.2. The van der Waals surface area contributed by atoms with Crippen LogP contribution in [0.15, 0.2) is 118 Å². The Labute approximate surface area is 301 Å². The number of phenolic OH excluding ortho intramolecular Hbond substituents is 1. The minimum Gasteiger partial charge on any atom is -0.505 e. The minimum atomic E-state index is -0.520. The molecule has 4 aromatic carbocycles. The van der Waals surface area contributed by atoms with Crippen molar-refractivity contribution in [2.75, 3.05) is 0 Å². The molecule has 0 aliphatic heterocycles. The van der Waals surface area contributed by atoms with E-state index in [0.29, 0.717) is 39.3 Å². The monoisotopic (exact) mass is 716 g/mol. The van der Waals surface area contributed by atoms with E-state index in [-0.39, 0.29) is 43.6 Å². The molecule has 0 amide bonds. The fourth-order valence-corrected chi connectivity index (χ4v) is 3.88. The quantitative estimate of drug-likeness (QED) is 0.0440. The topological polar surface area (TPSA) is 194 Å². The third-order valence-corrected chi connectivity index (χ3v) is 6.95. The average molecular weight is 717 g/mol. The van der Waals surface area contributed by atoms with Crippen molar-refractivity contribution in [3.05, 3.63) is 130 Å². The van der Waals surface area contributed by atoms with E-state index in [9.17, 15) is 19.8 Å². The summed E-state index contributed by atoms with van der Waals surface area (Å²) in [5, 5.41) is 63.1. The summed E-state index contributed by atoms with van der Waals surface area (Å²) >= 11 is 4.87. The largest absolute Gasteiger partial charge is 0.505 e. The van der Waals surface area contributed by atoms with Crippen LogP contribution in [0.1, 0.15) is 47.2 Å². The van der Waals surface area contributed by atoms with Crippen LogP contribution in [0.3, 0.4) is 0 Å². The van der Waals surface area contributed by atoms with Gasteiger partial charge in [0.05, 0.1) is 31.2 Å². The second-order valence-electron chi connectivity index (χ2n) is 11.2. The van der Waals surface area contributed by atoms with Crippen LogP contribution in [-0.4, -0.2) is 36.7 Å². The highest BCUT2D eigenvalue weighted by atomic mass is 35.5. The van der Waals surface area contributed by atoms with Gasteiger partial charge in [-0.2, -0.15) is 10.2 Å². The normalized spacial score (nSPS) is 10.6. The molecule has 0 atom stereocenters. The Hall–Kier alpha value is -5.53. The number of nitrogens with zero attached hydrogens (tertiary/aromatic N) is 4. The number of carbonyl (C=O) groups is 2. The van der Waals surface area contributed by atoms with Crippen LogP contribution < -0.4 is 0 Å². The Morgan fingerprint density at radius 2 is 1.04 bits per heavy atom. The minimum absolute atomic E-state index is 0.0179. The highest BCUT2D eigenvalue weighted by Crippen LogP contribution is 2.34. The molecular formula is C38H41ClN4O8. The number of ether oxygens (including phenoxy) is 1. The van der Waals surface area contributed by atoms with E-state index < -0.39 is 11.2 Å². The number of phenols is 2. The van der Waals surface area contributed by atoms with E-state index in [1.165, 1.54) is 0 Å². The number of aryl methyl sites for hydroxylation is 2. The first kappa shape index (κ1) is 41.6. The van der Waals surface area contributed by atoms with Crippen molar-refractivity contribution in [1.29, 1.82) is 0 Å². The number of allylic oxidation sites excluding steroid dienone is 1. The molecule has 5 N–H and O–H groups in total. The van der Waals surface area contributed by atoms with E-state index >= 15 is 0 Å². The zero-order valence-corrected chi connectivity index (χ0v) is 29.6. The van der Waals surface area contributed by atoms with E-state index in [0.717, 1.165) is 22.3 Å². The molecule has 0 radical (unpaired) electrons. The number of aliphatic hydroxyl groups is 3. The second-order valence-corrected chi connectivity index (χ2v) is 11.5. The number of esters is 1. The SMILES string of the molecule is C=C(C)C(=O)Cl.C=C(C)C(=O)OCc1cc(C)cc(N=Nc2ccc(CO)cc2)c1O.Cc1cc(CO)c(O)c(N=Nc2ccc(CO)cc2)c1. The van der Waals surface area contributed by atoms with Gasteiger partial charge in [0.15, 0.2) is 0 Å². The lowest BCUT2D eigenvalue weighted by Gasteiger charge is -2.09. The van der Waals surface area contributed by atoms with E-state index in [1.54, 1.807) is 86.6 Å². The summed E-state index contributed by atoms with van der Waals surface area (Å²) in [5.74, 6) is -0.669. The molecule has 0 bridgehead atoms. The van der Waals surface area contributed by atoms with Gasteiger partial charge in [0.1, 0.15) is 29.5 Å². The fourth-order valence-electron chi connectivity index (χ4n) is 3.88. The first-order valence-corrected chi connectivity index (χ1v) is 15.7. The first-order valence-electron chi connectivity index (χ1n) is 15.4. The van der Waals surface area contributed by atoms with Gasteiger partial charge in [-0.3, -0.25) is 4.79 Å². The molecule has 0 saturated carbocycles. The van der Waals surface area contributed by atoms with Gasteiger partial charge in [0.25, 0.3) is 0 Å². The highest BCUT2D eigenvalue weighted by Gasteiger charge is 2.12. The molecule has 0 fully saturated rings. The number of benzene rings is 4. The van der Waals surface area contributed by atoms with Gasteiger partial charge < -0.3 is 30.3 Å². The van der Waals surface area contributed by atoms with Gasteiger partial charge >= 0.3 is 5.97 Å². The average Bonchev–Trinajstić information content (AvgIpc) is 3.12. The van der Waals surface area contributed by atoms with E-state index in [4.69, 9.17) is 31.7 Å². The van der Waals surface area contributed by atoms with E-state index in [1.807, 2.05) is 13.8 Å². The highest BCUT2D eigenvalue weighted by molar-refractivity contribution is 6.67. The molecule has 268 valence electrons.